The van der Waals surface area contributed by atoms with Crippen molar-refractivity contribution in [2.24, 2.45) is 0 Å². The second-order valence-corrected chi connectivity index (χ2v) is 15.5. The smallest absolute Gasteiger partial charge is 0.306 e. The third-order valence-corrected chi connectivity index (χ3v) is 10.3. The van der Waals surface area contributed by atoms with Gasteiger partial charge in [-0.15, -0.1) is 0 Å². The van der Waals surface area contributed by atoms with Crippen LogP contribution >= 0.6 is 0 Å². The summed E-state index contributed by atoms with van der Waals surface area (Å²) in [4.78, 5) is 25.3. The molecule has 0 spiro atoms. The quantitative estimate of drug-likeness (QED) is 0.0395. The normalized spacial score (nSPS) is 28.0. The number of carbonyl (C=O) groups excluding carboxylic acids is 2. The van der Waals surface area contributed by atoms with E-state index in [9.17, 15) is 45.3 Å². The van der Waals surface area contributed by atoms with Gasteiger partial charge in [0, 0.05) is 12.8 Å². The maximum atomic E-state index is 12.8. The summed E-state index contributed by atoms with van der Waals surface area (Å²) in [5.41, 5.74) is 0. The zero-order chi connectivity index (χ0) is 42.4. The van der Waals surface area contributed by atoms with Gasteiger partial charge in [-0.3, -0.25) is 9.59 Å². The van der Waals surface area contributed by atoms with Crippen molar-refractivity contribution in [3.63, 3.8) is 0 Å². The minimum Gasteiger partial charge on any atom is -0.462 e. The van der Waals surface area contributed by atoms with Crippen LogP contribution in [0, 0.1) is 0 Å². The second kappa shape index (κ2) is 33.2. The Balaban J connectivity index is 0.00000304. The minimum absolute atomic E-state index is 0.170. The fourth-order valence-corrected chi connectivity index (χ4v) is 6.57. The summed E-state index contributed by atoms with van der Waals surface area (Å²) in [6.45, 7) is 6.89. The van der Waals surface area contributed by atoms with E-state index in [1.807, 2.05) is 0 Å². The Hall–Kier alpha value is -1.50. The zero-order valence-electron chi connectivity index (χ0n) is 35.4. The van der Waals surface area contributed by atoms with Crippen LogP contribution in [0.15, 0.2) is 0 Å². The van der Waals surface area contributed by atoms with Crippen LogP contribution in [-0.2, 0) is 38.0 Å². The van der Waals surface area contributed by atoms with Gasteiger partial charge in [-0.05, 0) is 12.8 Å². The third-order valence-electron chi connectivity index (χ3n) is 10.3. The molecule has 0 aromatic heterocycles. The Bertz CT molecular complexity index is 985. The lowest BCUT2D eigenvalue weighted by Crippen LogP contribution is -2.61. The molecule has 0 saturated carbocycles. The van der Waals surface area contributed by atoms with Gasteiger partial charge in [-0.25, -0.2) is 0 Å². The molecule has 7 N–H and O–H groups in total. The van der Waals surface area contributed by atoms with E-state index in [-0.39, 0.29) is 26.1 Å². The van der Waals surface area contributed by atoms with Crippen molar-refractivity contribution in [1.29, 1.82) is 0 Å². The number of aliphatic hydroxyl groups is 7. The molecule has 338 valence electrons. The molecule has 2 aliphatic rings. The molecule has 2 fully saturated rings. The number of carbonyl (C=O) groups is 2. The van der Waals surface area contributed by atoms with Gasteiger partial charge in [-0.2, -0.15) is 0 Å². The van der Waals surface area contributed by atoms with E-state index in [1.54, 1.807) is 0 Å². The average molecular weight is 825 g/mol. The van der Waals surface area contributed by atoms with Crippen molar-refractivity contribution in [3.8, 4) is 0 Å². The lowest BCUT2D eigenvalue weighted by molar-refractivity contribution is -0.332. The Labute approximate surface area is 341 Å². The number of ether oxygens (including phenoxy) is 6. The Morgan fingerprint density at radius 3 is 1.39 bits per heavy atom. The first kappa shape index (κ1) is 53.5. The molecule has 15 nitrogen and oxygen atoms in total. The molecule has 11 atom stereocenters. The topological polar surface area (TPSA) is 231 Å². The molecule has 15 heteroatoms. The van der Waals surface area contributed by atoms with Gasteiger partial charge in [0.2, 0.25) is 0 Å². The summed E-state index contributed by atoms with van der Waals surface area (Å²) in [5, 5.41) is 71.4. The van der Waals surface area contributed by atoms with Crippen LogP contribution in [0.2, 0.25) is 0 Å². The van der Waals surface area contributed by atoms with E-state index in [0.717, 1.165) is 44.9 Å². The molecule has 0 unspecified atom stereocenters. The molecular formula is C42H80O15. The predicted octanol–water partition coefficient (Wildman–Crippen LogP) is 4.34. The minimum atomic E-state index is -1.76. The molecule has 2 heterocycles. The molecule has 2 saturated heterocycles. The first-order valence-electron chi connectivity index (χ1n) is 22.0. The fourth-order valence-electron chi connectivity index (χ4n) is 6.57. The average Bonchev–Trinajstić information content (AvgIpc) is 3.20. The van der Waals surface area contributed by atoms with Crippen LogP contribution in [-0.4, -0.2) is 142 Å². The summed E-state index contributed by atoms with van der Waals surface area (Å²) in [7, 11) is 0. The van der Waals surface area contributed by atoms with E-state index in [1.165, 1.54) is 64.2 Å². The van der Waals surface area contributed by atoms with E-state index >= 15 is 0 Å². The summed E-state index contributed by atoms with van der Waals surface area (Å²) >= 11 is 0. The van der Waals surface area contributed by atoms with Gasteiger partial charge in [0.15, 0.2) is 18.7 Å². The SMILES string of the molecule is CCCCC.CCCCCCCCCCCC(=O)O[C@H](COC(=O)CCCCCCCCC)CO[C@@H]1O[C@H](CO[C@H]2O[C@H](CO)[C@H](O)[C@H](O)[C@H]2O)[C@H](O)[C@H](O)[C@H]1O. The summed E-state index contributed by atoms with van der Waals surface area (Å²) < 4.78 is 33.2. The number of esters is 2. The fraction of sp³-hybridized carbons (Fsp3) is 0.952. The van der Waals surface area contributed by atoms with Gasteiger partial charge >= 0.3 is 11.9 Å². The molecule has 0 aromatic rings. The Morgan fingerprint density at radius 1 is 0.491 bits per heavy atom. The van der Waals surface area contributed by atoms with Gasteiger partial charge in [-0.1, -0.05) is 137 Å². The van der Waals surface area contributed by atoms with Crippen LogP contribution in [0.25, 0.3) is 0 Å². The van der Waals surface area contributed by atoms with Crippen LogP contribution in [0.5, 0.6) is 0 Å². The monoisotopic (exact) mass is 825 g/mol. The van der Waals surface area contributed by atoms with Crippen molar-refractivity contribution >= 4 is 11.9 Å². The number of unbranched alkanes of at least 4 members (excludes halogenated alkanes) is 16. The Morgan fingerprint density at radius 2 is 0.912 bits per heavy atom. The lowest BCUT2D eigenvalue weighted by Gasteiger charge is -2.42. The van der Waals surface area contributed by atoms with E-state index in [0.29, 0.717) is 12.8 Å². The molecule has 2 aliphatic heterocycles. The molecule has 2 rings (SSSR count). The standard InChI is InChI=1S/C37H68O15.C5H12/c1-3-5-7-9-11-12-14-16-18-20-29(40)50-25(22-47-28(39)19-17-15-13-10-8-6-4-2)23-48-36-35(46)33(44)31(42)27(52-36)24-49-37-34(45)32(43)30(41)26(21-38)51-37;1-3-5-4-2/h25-27,30-38,41-46H,3-24H2,1-2H3;3-5H2,1-2H3/t25-,26-,27-,30+,31+,32+,33+,34-,35-,36-,37+;/m1./s1. The molecule has 0 aromatic carbocycles. The lowest BCUT2D eigenvalue weighted by atomic mass is 9.98. The summed E-state index contributed by atoms with van der Waals surface area (Å²) in [6.07, 6.45) is 4.69. The number of rotatable bonds is 30. The summed E-state index contributed by atoms with van der Waals surface area (Å²) in [5.74, 6) is -0.933. The van der Waals surface area contributed by atoms with Gasteiger partial charge in [0.1, 0.15) is 55.4 Å². The van der Waals surface area contributed by atoms with Crippen LogP contribution < -0.4 is 0 Å². The zero-order valence-corrected chi connectivity index (χ0v) is 35.4. The first-order chi connectivity index (χ1) is 27.4. The van der Waals surface area contributed by atoms with Crippen molar-refractivity contribution in [3.05, 3.63) is 0 Å². The highest BCUT2D eigenvalue weighted by molar-refractivity contribution is 5.70. The highest BCUT2D eigenvalue weighted by atomic mass is 16.7. The van der Waals surface area contributed by atoms with Crippen molar-refractivity contribution < 1.29 is 73.8 Å². The maximum Gasteiger partial charge on any atom is 0.306 e. The van der Waals surface area contributed by atoms with Crippen molar-refractivity contribution in [2.45, 2.75) is 230 Å². The van der Waals surface area contributed by atoms with Crippen LogP contribution in [0.3, 0.4) is 0 Å². The van der Waals surface area contributed by atoms with Crippen LogP contribution in [0.4, 0.5) is 0 Å². The molecular weight excluding hydrogens is 744 g/mol. The van der Waals surface area contributed by atoms with Gasteiger partial charge in [0.25, 0.3) is 0 Å². The van der Waals surface area contributed by atoms with E-state index < -0.39 is 92.7 Å². The molecule has 57 heavy (non-hydrogen) atoms. The van der Waals surface area contributed by atoms with Gasteiger partial charge < -0.3 is 64.2 Å². The molecule has 0 aliphatic carbocycles. The number of aliphatic hydroxyl groups excluding tert-OH is 7. The largest absolute Gasteiger partial charge is 0.462 e. The first-order valence-corrected chi connectivity index (χ1v) is 22.0. The third kappa shape index (κ3) is 22.6. The highest BCUT2D eigenvalue weighted by Gasteiger charge is 2.47. The Kier molecular flexibility index (Phi) is 31.2. The number of hydrogen-bond donors (Lipinski definition) is 7. The summed E-state index contributed by atoms with van der Waals surface area (Å²) in [6, 6.07) is 0. The molecule has 0 bridgehead atoms. The van der Waals surface area contributed by atoms with E-state index in [4.69, 9.17) is 28.4 Å². The second-order valence-electron chi connectivity index (χ2n) is 15.5. The molecule has 0 amide bonds. The highest BCUT2D eigenvalue weighted by Crippen LogP contribution is 2.26. The predicted molar refractivity (Wildman–Crippen MR) is 213 cm³/mol. The maximum absolute atomic E-state index is 12.8. The van der Waals surface area contributed by atoms with Crippen molar-refractivity contribution in [2.75, 3.05) is 26.4 Å². The molecule has 0 radical (unpaired) electrons. The van der Waals surface area contributed by atoms with Crippen LogP contribution in [0.1, 0.15) is 163 Å². The van der Waals surface area contributed by atoms with Crippen molar-refractivity contribution in [1.82, 2.24) is 0 Å². The number of hydrogen-bond acceptors (Lipinski definition) is 15. The van der Waals surface area contributed by atoms with Gasteiger partial charge in [0.05, 0.1) is 19.8 Å². The van der Waals surface area contributed by atoms with E-state index in [2.05, 4.69) is 27.7 Å².